The van der Waals surface area contributed by atoms with E-state index in [1.165, 1.54) is 13.2 Å². The highest BCUT2D eigenvalue weighted by Gasteiger charge is 2.40. The Hall–Kier alpha value is -1.21. The topological polar surface area (TPSA) is 38.8 Å². The number of piperidine rings is 1. The number of halogens is 2. The third-order valence-electron chi connectivity index (χ3n) is 4.65. The Morgan fingerprint density at radius 1 is 1.36 bits per heavy atom. The van der Waals surface area contributed by atoms with Gasteiger partial charge in [-0.3, -0.25) is 0 Å². The van der Waals surface area contributed by atoms with Gasteiger partial charge in [-0.05, 0) is 32.7 Å². The first-order valence-electron chi connectivity index (χ1n) is 7.38. The molecule has 0 N–H and O–H groups in total. The fourth-order valence-corrected chi connectivity index (χ4v) is 4.32. The van der Waals surface area contributed by atoms with Gasteiger partial charge in [-0.1, -0.05) is 0 Å². The van der Waals surface area contributed by atoms with Crippen molar-refractivity contribution in [2.75, 3.05) is 14.2 Å². The molecule has 2 atom stereocenters. The molecule has 22 heavy (non-hydrogen) atoms. The van der Waals surface area contributed by atoms with Crippen molar-refractivity contribution in [1.82, 2.24) is 4.90 Å². The van der Waals surface area contributed by atoms with E-state index in [0.717, 1.165) is 37.0 Å². The predicted molar refractivity (Wildman–Crippen MR) is 78.8 cm³/mol. The molecular formula is C15H19F2NO3S. The Morgan fingerprint density at radius 3 is 2.55 bits per heavy atom. The van der Waals surface area contributed by atoms with E-state index in [9.17, 15) is 13.6 Å². The Labute approximate surface area is 132 Å². The second kappa shape index (κ2) is 6.12. The van der Waals surface area contributed by atoms with Crippen LogP contribution in [0.2, 0.25) is 0 Å². The lowest BCUT2D eigenvalue weighted by Crippen LogP contribution is -2.43. The summed E-state index contributed by atoms with van der Waals surface area (Å²) >= 11 is 0.747. The van der Waals surface area contributed by atoms with Gasteiger partial charge < -0.3 is 14.4 Å². The second-order valence-electron chi connectivity index (χ2n) is 5.90. The van der Waals surface area contributed by atoms with Crippen LogP contribution < -0.4 is 4.74 Å². The standard InChI is InChI=1S/C15H19F2NO3S/c1-18-8-3-4-9(18)6-10(5-8)21-11-7-12(14(16)17)22-13(11)15(19)20-2/h7-10,14H,3-6H2,1-2H3. The molecule has 122 valence electrons. The van der Waals surface area contributed by atoms with Gasteiger partial charge in [-0.25, -0.2) is 13.6 Å². The lowest BCUT2D eigenvalue weighted by molar-refractivity contribution is 0.0559. The van der Waals surface area contributed by atoms with Gasteiger partial charge in [0.25, 0.3) is 6.43 Å². The molecule has 0 aliphatic carbocycles. The first-order valence-corrected chi connectivity index (χ1v) is 8.20. The zero-order chi connectivity index (χ0) is 15.9. The number of alkyl halides is 2. The summed E-state index contributed by atoms with van der Waals surface area (Å²) in [5, 5.41) is 0. The van der Waals surface area contributed by atoms with Crippen LogP contribution in [0, 0.1) is 0 Å². The minimum atomic E-state index is -2.61. The lowest BCUT2D eigenvalue weighted by Gasteiger charge is -2.36. The van der Waals surface area contributed by atoms with Crippen molar-refractivity contribution in [2.45, 2.75) is 50.3 Å². The van der Waals surface area contributed by atoms with E-state index in [0.29, 0.717) is 12.1 Å². The highest BCUT2D eigenvalue weighted by molar-refractivity contribution is 7.14. The number of carbonyl (C=O) groups is 1. The molecule has 3 rings (SSSR count). The molecule has 7 heteroatoms. The zero-order valence-electron chi connectivity index (χ0n) is 12.6. The average molecular weight is 331 g/mol. The zero-order valence-corrected chi connectivity index (χ0v) is 13.4. The highest BCUT2D eigenvalue weighted by Crippen LogP contribution is 2.40. The van der Waals surface area contributed by atoms with Gasteiger partial charge in [0, 0.05) is 18.2 Å². The molecule has 2 unspecified atom stereocenters. The summed E-state index contributed by atoms with van der Waals surface area (Å²) in [7, 11) is 3.36. The van der Waals surface area contributed by atoms with Crippen LogP contribution in [0.4, 0.5) is 8.78 Å². The first kappa shape index (κ1) is 15.7. The molecular weight excluding hydrogens is 312 g/mol. The summed E-state index contributed by atoms with van der Waals surface area (Å²) in [6.07, 6.45) is 1.39. The quantitative estimate of drug-likeness (QED) is 0.792. The van der Waals surface area contributed by atoms with Crippen molar-refractivity contribution < 1.29 is 23.0 Å². The third-order valence-corrected chi connectivity index (χ3v) is 5.76. The molecule has 2 saturated heterocycles. The van der Waals surface area contributed by atoms with Crippen molar-refractivity contribution in [3.8, 4) is 5.75 Å². The number of ether oxygens (including phenoxy) is 2. The van der Waals surface area contributed by atoms with E-state index in [4.69, 9.17) is 4.74 Å². The highest BCUT2D eigenvalue weighted by atomic mass is 32.1. The molecule has 4 nitrogen and oxygen atoms in total. The Balaban J connectivity index is 1.78. The molecule has 2 fully saturated rings. The van der Waals surface area contributed by atoms with Gasteiger partial charge in [0.15, 0.2) is 4.88 Å². The number of hydrogen-bond donors (Lipinski definition) is 0. The minimum absolute atomic E-state index is 0.0303. The molecule has 1 aromatic rings. The van der Waals surface area contributed by atoms with Crippen molar-refractivity contribution >= 4 is 17.3 Å². The minimum Gasteiger partial charge on any atom is -0.488 e. The third kappa shape index (κ3) is 2.84. The number of fused-ring (bicyclic) bond motifs is 2. The van der Waals surface area contributed by atoms with Crippen LogP contribution >= 0.6 is 11.3 Å². The van der Waals surface area contributed by atoms with E-state index < -0.39 is 12.4 Å². The molecule has 0 amide bonds. The molecule has 0 saturated carbocycles. The number of nitrogens with zero attached hydrogens (tertiary/aromatic N) is 1. The molecule has 0 spiro atoms. The fourth-order valence-electron chi connectivity index (χ4n) is 3.46. The number of methoxy groups -OCH3 is 1. The summed E-state index contributed by atoms with van der Waals surface area (Å²) < 4.78 is 36.4. The van der Waals surface area contributed by atoms with Crippen LogP contribution in [0.15, 0.2) is 6.07 Å². The SMILES string of the molecule is COC(=O)c1sc(C(F)F)cc1OC1CC2CCC(C1)N2C. The monoisotopic (exact) mass is 331 g/mol. The van der Waals surface area contributed by atoms with Crippen molar-refractivity contribution in [3.63, 3.8) is 0 Å². The summed E-state index contributed by atoms with van der Waals surface area (Å²) in [5.41, 5.74) is 0. The van der Waals surface area contributed by atoms with Crippen LogP contribution in [0.25, 0.3) is 0 Å². The summed E-state index contributed by atoms with van der Waals surface area (Å²) in [6, 6.07) is 2.25. The van der Waals surface area contributed by atoms with E-state index in [2.05, 4.69) is 16.7 Å². The smallest absolute Gasteiger partial charge is 0.351 e. The second-order valence-corrected chi connectivity index (χ2v) is 6.98. The number of esters is 1. The molecule has 0 radical (unpaired) electrons. The average Bonchev–Trinajstić information content (AvgIpc) is 2.97. The van der Waals surface area contributed by atoms with Crippen LogP contribution in [-0.4, -0.2) is 43.2 Å². The van der Waals surface area contributed by atoms with E-state index in [-0.39, 0.29) is 21.6 Å². The number of thiophene rings is 1. The first-order chi connectivity index (χ1) is 10.5. The Kier molecular flexibility index (Phi) is 4.36. The van der Waals surface area contributed by atoms with Crippen LogP contribution in [-0.2, 0) is 4.74 Å². The number of hydrogen-bond acceptors (Lipinski definition) is 5. The Morgan fingerprint density at radius 2 is 2.00 bits per heavy atom. The largest absolute Gasteiger partial charge is 0.488 e. The molecule has 0 aromatic carbocycles. The molecule has 2 bridgehead atoms. The fraction of sp³-hybridized carbons (Fsp3) is 0.667. The van der Waals surface area contributed by atoms with E-state index in [1.54, 1.807) is 0 Å². The summed E-state index contributed by atoms with van der Waals surface area (Å²) in [5.74, 6) is -0.385. The lowest BCUT2D eigenvalue weighted by atomic mass is 10.0. The van der Waals surface area contributed by atoms with Crippen LogP contribution in [0.1, 0.15) is 46.7 Å². The van der Waals surface area contributed by atoms with E-state index >= 15 is 0 Å². The van der Waals surface area contributed by atoms with E-state index in [1.807, 2.05) is 0 Å². The van der Waals surface area contributed by atoms with Gasteiger partial charge in [-0.2, -0.15) is 0 Å². The van der Waals surface area contributed by atoms with Gasteiger partial charge in [0.1, 0.15) is 11.9 Å². The summed E-state index contributed by atoms with van der Waals surface area (Å²) in [4.78, 5) is 14.1. The van der Waals surface area contributed by atoms with Gasteiger partial charge in [0.2, 0.25) is 0 Å². The normalized spacial score (nSPS) is 28.1. The van der Waals surface area contributed by atoms with Gasteiger partial charge in [0.05, 0.1) is 12.0 Å². The number of carbonyl (C=O) groups excluding carboxylic acids is 1. The summed E-state index contributed by atoms with van der Waals surface area (Å²) in [6.45, 7) is 0. The van der Waals surface area contributed by atoms with Crippen LogP contribution in [0.5, 0.6) is 5.75 Å². The van der Waals surface area contributed by atoms with Crippen molar-refractivity contribution in [3.05, 3.63) is 15.8 Å². The number of rotatable bonds is 4. The van der Waals surface area contributed by atoms with Gasteiger partial charge >= 0.3 is 5.97 Å². The van der Waals surface area contributed by atoms with Crippen molar-refractivity contribution in [1.29, 1.82) is 0 Å². The molecule has 2 aliphatic rings. The van der Waals surface area contributed by atoms with Crippen molar-refractivity contribution in [2.24, 2.45) is 0 Å². The van der Waals surface area contributed by atoms with Crippen LogP contribution in [0.3, 0.4) is 0 Å². The molecule has 1 aromatic heterocycles. The maximum absolute atomic E-state index is 12.9. The predicted octanol–water partition coefficient (Wildman–Crippen LogP) is 3.48. The molecule has 3 heterocycles. The maximum atomic E-state index is 12.9. The Bertz CT molecular complexity index is 549. The van der Waals surface area contributed by atoms with Gasteiger partial charge in [-0.15, -0.1) is 11.3 Å². The maximum Gasteiger partial charge on any atom is 0.351 e. The molecule has 2 aliphatic heterocycles.